The molecule has 1 aromatic heterocycles. The van der Waals surface area contributed by atoms with E-state index in [1.165, 1.54) is 10.9 Å². The Morgan fingerprint density at radius 3 is 2.65 bits per heavy atom. The first-order valence-electron chi connectivity index (χ1n) is 8.94. The predicted octanol–water partition coefficient (Wildman–Crippen LogP) is 3.73. The molecule has 0 atom stereocenters. The summed E-state index contributed by atoms with van der Waals surface area (Å²) in [5.41, 5.74) is 3.24. The van der Waals surface area contributed by atoms with Gasteiger partial charge < -0.3 is 20.4 Å². The van der Waals surface area contributed by atoms with Crippen molar-refractivity contribution in [2.24, 2.45) is 0 Å². The quantitative estimate of drug-likeness (QED) is 0.579. The molecule has 1 heterocycles. The maximum absolute atomic E-state index is 12.0. The zero-order chi connectivity index (χ0) is 18.4. The number of nitrogens with one attached hydrogen (secondary N) is 3. The van der Waals surface area contributed by atoms with Gasteiger partial charge >= 0.3 is 0 Å². The van der Waals surface area contributed by atoms with Crippen LogP contribution in [0.15, 0.2) is 54.7 Å². The fourth-order valence-corrected chi connectivity index (χ4v) is 2.84. The van der Waals surface area contributed by atoms with E-state index in [-0.39, 0.29) is 18.6 Å². The van der Waals surface area contributed by atoms with Crippen LogP contribution >= 0.6 is 0 Å². The van der Waals surface area contributed by atoms with Crippen molar-refractivity contribution in [2.75, 3.05) is 18.4 Å². The second-order valence-electron chi connectivity index (χ2n) is 6.50. The summed E-state index contributed by atoms with van der Waals surface area (Å²) >= 11 is 0. The minimum atomic E-state index is -0.0210. The molecule has 5 heteroatoms. The van der Waals surface area contributed by atoms with E-state index in [2.05, 4.69) is 27.8 Å². The number of aromatic amines is 1. The first-order valence-corrected chi connectivity index (χ1v) is 8.94. The number of aromatic nitrogens is 1. The lowest BCUT2D eigenvalue weighted by atomic mass is 10.1. The molecule has 0 spiro atoms. The SMILES string of the molecule is CC(C)Oc1ccc(NCC(=O)NCCc2c[nH]c3ccccc23)cc1. The molecule has 3 rings (SSSR count). The number of carbonyl (C=O) groups excluding carboxylic acids is 1. The first-order chi connectivity index (χ1) is 12.6. The Labute approximate surface area is 153 Å². The highest BCUT2D eigenvalue weighted by atomic mass is 16.5. The number of ether oxygens (including phenoxy) is 1. The average molecular weight is 351 g/mol. The minimum Gasteiger partial charge on any atom is -0.491 e. The second-order valence-corrected chi connectivity index (χ2v) is 6.50. The maximum Gasteiger partial charge on any atom is 0.239 e. The van der Waals surface area contributed by atoms with Crippen LogP contribution in [0.4, 0.5) is 5.69 Å². The highest BCUT2D eigenvalue weighted by Gasteiger charge is 2.05. The van der Waals surface area contributed by atoms with Crippen molar-refractivity contribution in [3.63, 3.8) is 0 Å². The van der Waals surface area contributed by atoms with Crippen molar-refractivity contribution in [3.05, 3.63) is 60.3 Å². The molecule has 3 aromatic rings. The normalized spacial score (nSPS) is 10.9. The van der Waals surface area contributed by atoms with E-state index >= 15 is 0 Å². The van der Waals surface area contributed by atoms with Gasteiger partial charge in [0, 0.05) is 29.3 Å². The molecular weight excluding hydrogens is 326 g/mol. The average Bonchev–Trinajstić information content (AvgIpc) is 3.04. The maximum atomic E-state index is 12.0. The van der Waals surface area contributed by atoms with Gasteiger partial charge in [-0.2, -0.15) is 0 Å². The van der Waals surface area contributed by atoms with Gasteiger partial charge in [0.15, 0.2) is 0 Å². The van der Waals surface area contributed by atoms with Gasteiger partial charge in [-0.25, -0.2) is 0 Å². The van der Waals surface area contributed by atoms with Gasteiger partial charge in [-0.1, -0.05) is 18.2 Å². The number of carbonyl (C=O) groups is 1. The monoisotopic (exact) mass is 351 g/mol. The molecule has 3 N–H and O–H groups in total. The summed E-state index contributed by atoms with van der Waals surface area (Å²) in [6.07, 6.45) is 2.96. The predicted molar refractivity (Wildman–Crippen MR) is 106 cm³/mol. The summed E-state index contributed by atoms with van der Waals surface area (Å²) in [5, 5.41) is 7.29. The fourth-order valence-electron chi connectivity index (χ4n) is 2.84. The van der Waals surface area contributed by atoms with Crippen molar-refractivity contribution >= 4 is 22.5 Å². The third kappa shape index (κ3) is 4.79. The van der Waals surface area contributed by atoms with Crippen molar-refractivity contribution < 1.29 is 9.53 Å². The smallest absolute Gasteiger partial charge is 0.239 e. The Bertz CT molecular complexity index is 853. The molecule has 0 aliphatic carbocycles. The lowest BCUT2D eigenvalue weighted by Gasteiger charge is -2.11. The zero-order valence-corrected chi connectivity index (χ0v) is 15.2. The Morgan fingerprint density at radius 1 is 1.12 bits per heavy atom. The largest absolute Gasteiger partial charge is 0.491 e. The van der Waals surface area contributed by atoms with Gasteiger partial charge in [0.2, 0.25) is 5.91 Å². The van der Waals surface area contributed by atoms with Gasteiger partial charge in [0.1, 0.15) is 5.75 Å². The molecular formula is C21H25N3O2. The van der Waals surface area contributed by atoms with Crippen LogP contribution in [0.25, 0.3) is 10.9 Å². The highest BCUT2D eigenvalue weighted by molar-refractivity contribution is 5.83. The summed E-state index contributed by atoms with van der Waals surface area (Å²) in [6.45, 7) is 4.85. The lowest BCUT2D eigenvalue weighted by Crippen LogP contribution is -2.31. The van der Waals surface area contributed by atoms with Crippen LogP contribution in [0, 0.1) is 0 Å². The van der Waals surface area contributed by atoms with Crippen LogP contribution < -0.4 is 15.4 Å². The Kier molecular flexibility index (Phi) is 5.79. The third-order valence-corrected chi connectivity index (χ3v) is 4.07. The van der Waals surface area contributed by atoms with Crippen molar-refractivity contribution in [2.45, 2.75) is 26.4 Å². The number of hydrogen-bond donors (Lipinski definition) is 3. The molecule has 0 aliphatic heterocycles. The highest BCUT2D eigenvalue weighted by Crippen LogP contribution is 2.18. The zero-order valence-electron chi connectivity index (χ0n) is 15.2. The van der Waals surface area contributed by atoms with Gasteiger partial charge in [-0.15, -0.1) is 0 Å². The van der Waals surface area contributed by atoms with Crippen LogP contribution in [0.3, 0.4) is 0 Å². The van der Waals surface area contributed by atoms with Crippen LogP contribution in [-0.4, -0.2) is 30.1 Å². The molecule has 1 amide bonds. The molecule has 0 aliphatic rings. The lowest BCUT2D eigenvalue weighted by molar-refractivity contribution is -0.119. The first kappa shape index (κ1) is 17.9. The molecule has 0 bridgehead atoms. The van der Waals surface area contributed by atoms with Gasteiger partial charge in [-0.3, -0.25) is 4.79 Å². The fraction of sp³-hybridized carbons (Fsp3) is 0.286. The number of benzene rings is 2. The number of para-hydroxylation sites is 1. The van der Waals surface area contributed by atoms with Gasteiger partial charge in [-0.05, 0) is 56.2 Å². The van der Waals surface area contributed by atoms with Gasteiger partial charge in [0.05, 0.1) is 12.6 Å². The number of hydrogen-bond acceptors (Lipinski definition) is 3. The number of fused-ring (bicyclic) bond motifs is 1. The number of H-pyrrole nitrogens is 1. The Morgan fingerprint density at radius 2 is 1.88 bits per heavy atom. The Hall–Kier alpha value is -2.95. The Balaban J connectivity index is 1.41. The molecule has 2 aromatic carbocycles. The van der Waals surface area contributed by atoms with Gasteiger partial charge in [0.25, 0.3) is 0 Å². The molecule has 0 saturated carbocycles. The summed E-state index contributed by atoms with van der Waals surface area (Å²) < 4.78 is 5.60. The van der Waals surface area contributed by atoms with E-state index in [0.717, 1.165) is 23.4 Å². The van der Waals surface area contributed by atoms with Crippen LogP contribution in [0.1, 0.15) is 19.4 Å². The summed E-state index contributed by atoms with van der Waals surface area (Å²) in [4.78, 5) is 15.3. The summed E-state index contributed by atoms with van der Waals surface area (Å²) in [6, 6.07) is 15.8. The van der Waals surface area contributed by atoms with E-state index in [9.17, 15) is 4.79 Å². The van der Waals surface area contributed by atoms with Crippen LogP contribution in [0.5, 0.6) is 5.75 Å². The van der Waals surface area contributed by atoms with E-state index in [0.29, 0.717) is 6.54 Å². The molecule has 136 valence electrons. The number of amides is 1. The second kappa shape index (κ2) is 8.43. The molecule has 0 saturated heterocycles. The molecule has 0 radical (unpaired) electrons. The summed E-state index contributed by atoms with van der Waals surface area (Å²) in [7, 11) is 0. The van der Waals surface area contributed by atoms with Crippen molar-refractivity contribution in [1.29, 1.82) is 0 Å². The summed E-state index contributed by atoms with van der Waals surface area (Å²) in [5.74, 6) is 0.807. The van der Waals surface area contributed by atoms with E-state index in [1.54, 1.807) is 0 Å². The minimum absolute atomic E-state index is 0.0210. The topological polar surface area (TPSA) is 66.2 Å². The van der Waals surface area contributed by atoms with Crippen LogP contribution in [-0.2, 0) is 11.2 Å². The molecule has 26 heavy (non-hydrogen) atoms. The number of rotatable bonds is 8. The van der Waals surface area contributed by atoms with Crippen molar-refractivity contribution in [3.8, 4) is 5.75 Å². The molecule has 0 unspecified atom stereocenters. The third-order valence-electron chi connectivity index (χ3n) is 4.07. The van der Waals surface area contributed by atoms with E-state index in [4.69, 9.17) is 4.74 Å². The molecule has 0 fully saturated rings. The van der Waals surface area contributed by atoms with E-state index < -0.39 is 0 Å². The van der Waals surface area contributed by atoms with Crippen molar-refractivity contribution in [1.82, 2.24) is 10.3 Å². The van der Waals surface area contributed by atoms with Crippen LogP contribution in [0.2, 0.25) is 0 Å². The molecule has 5 nitrogen and oxygen atoms in total. The van der Waals surface area contributed by atoms with E-state index in [1.807, 2.05) is 56.4 Å². The number of anilines is 1. The standard InChI is InChI=1S/C21H25N3O2/c1-15(2)26-18-9-7-17(8-10-18)23-14-21(25)22-12-11-16-13-24-20-6-4-3-5-19(16)20/h3-10,13,15,23-24H,11-12,14H2,1-2H3,(H,22,25).